The van der Waals surface area contributed by atoms with E-state index in [4.69, 9.17) is 4.74 Å². The number of nitrogens with zero attached hydrogens (tertiary/aromatic N) is 2. The number of methoxy groups -OCH3 is 1. The van der Waals surface area contributed by atoms with Gasteiger partial charge in [-0.05, 0) is 43.5 Å². The second-order valence-corrected chi connectivity index (χ2v) is 8.35. The summed E-state index contributed by atoms with van der Waals surface area (Å²) in [6, 6.07) is 8.74. The van der Waals surface area contributed by atoms with Crippen molar-refractivity contribution in [1.82, 2.24) is 19.5 Å². The van der Waals surface area contributed by atoms with Crippen molar-refractivity contribution in [2.75, 3.05) is 7.11 Å². The number of nitrogens with one attached hydrogen (secondary N) is 2. The van der Waals surface area contributed by atoms with Crippen molar-refractivity contribution < 1.29 is 14.6 Å². The van der Waals surface area contributed by atoms with Crippen LogP contribution < -0.4 is 11.1 Å². The molecule has 9 heteroatoms. The lowest BCUT2D eigenvalue weighted by atomic mass is 9.88. The first-order valence-electron chi connectivity index (χ1n) is 10.9. The Bertz CT molecular complexity index is 1470. The van der Waals surface area contributed by atoms with Crippen LogP contribution in [0.3, 0.4) is 0 Å². The van der Waals surface area contributed by atoms with Gasteiger partial charge < -0.3 is 24.4 Å². The van der Waals surface area contributed by atoms with E-state index in [2.05, 4.69) is 15.0 Å². The molecule has 0 amide bonds. The van der Waals surface area contributed by atoms with Crippen molar-refractivity contribution in [2.45, 2.75) is 39.2 Å². The maximum atomic E-state index is 13.6. The summed E-state index contributed by atoms with van der Waals surface area (Å²) >= 11 is 0. The zero-order valence-electron chi connectivity index (χ0n) is 19.2. The number of hydrogen-bond acceptors (Lipinski definition) is 6. The molecular formula is C25H26N4O5. The van der Waals surface area contributed by atoms with Gasteiger partial charge in [-0.15, -0.1) is 0 Å². The Morgan fingerprint density at radius 1 is 1.21 bits per heavy atom. The van der Waals surface area contributed by atoms with Gasteiger partial charge in [-0.1, -0.05) is 11.6 Å². The van der Waals surface area contributed by atoms with Crippen molar-refractivity contribution in [3.63, 3.8) is 0 Å². The molecule has 0 aliphatic carbocycles. The molecule has 1 atom stereocenters. The summed E-state index contributed by atoms with van der Waals surface area (Å²) in [6.45, 7) is 3.98. The molecule has 0 bridgehead atoms. The molecule has 176 valence electrons. The minimum atomic E-state index is -0.993. The third-order valence-electron chi connectivity index (χ3n) is 6.03. The minimum absolute atomic E-state index is 0.0156. The smallest absolute Gasteiger partial charge is 0.306 e. The summed E-state index contributed by atoms with van der Waals surface area (Å²) in [6.07, 6.45) is 3.48. The summed E-state index contributed by atoms with van der Waals surface area (Å²) in [5.74, 6) is -1.86. The van der Waals surface area contributed by atoms with E-state index in [0.29, 0.717) is 24.2 Å². The molecule has 1 aromatic carbocycles. The standard InChI is InChI=1S/C25H26N4O5/c1-14-4-5-20-16(8-14)10-19(24(32)28-20)18(11-22(31)34-3)23-21(30)9-15(2)29(25(23)33)7-6-17-12-26-13-27-17/h4-5,8-10,12-13,18,30H,6-7,11H2,1-3H3,(H,26,27)(H,28,32)/t18-/m0/s1. The predicted molar refractivity (Wildman–Crippen MR) is 127 cm³/mol. The molecule has 0 aliphatic heterocycles. The summed E-state index contributed by atoms with van der Waals surface area (Å²) < 4.78 is 6.37. The highest BCUT2D eigenvalue weighted by Crippen LogP contribution is 2.32. The van der Waals surface area contributed by atoms with Crippen molar-refractivity contribution in [2.24, 2.45) is 0 Å². The Kier molecular flexibility index (Phi) is 6.36. The lowest BCUT2D eigenvalue weighted by Gasteiger charge is -2.20. The largest absolute Gasteiger partial charge is 0.507 e. The Morgan fingerprint density at radius 2 is 2.00 bits per heavy atom. The number of aryl methyl sites for hydroxylation is 3. The van der Waals surface area contributed by atoms with E-state index in [1.54, 1.807) is 31.6 Å². The molecule has 0 radical (unpaired) electrons. The highest BCUT2D eigenvalue weighted by molar-refractivity contribution is 5.80. The Morgan fingerprint density at radius 3 is 2.71 bits per heavy atom. The number of benzene rings is 1. The lowest BCUT2D eigenvalue weighted by molar-refractivity contribution is -0.140. The molecule has 0 unspecified atom stereocenters. The average Bonchev–Trinajstić information content (AvgIpc) is 3.31. The quantitative estimate of drug-likeness (QED) is 0.362. The number of imidazole rings is 1. The van der Waals surface area contributed by atoms with Crippen molar-refractivity contribution >= 4 is 16.9 Å². The van der Waals surface area contributed by atoms with Crippen molar-refractivity contribution in [1.29, 1.82) is 0 Å². The molecule has 3 aromatic heterocycles. The number of esters is 1. The lowest BCUT2D eigenvalue weighted by Crippen LogP contribution is -2.31. The Balaban J connectivity index is 1.88. The van der Waals surface area contributed by atoms with E-state index in [1.165, 1.54) is 17.7 Å². The maximum absolute atomic E-state index is 13.6. The molecule has 9 nitrogen and oxygen atoms in total. The molecular weight excluding hydrogens is 436 g/mol. The molecule has 0 aliphatic rings. The number of aromatic hydroxyl groups is 1. The van der Waals surface area contributed by atoms with Crippen LogP contribution in [0, 0.1) is 13.8 Å². The highest BCUT2D eigenvalue weighted by atomic mass is 16.5. The van der Waals surface area contributed by atoms with E-state index in [-0.39, 0.29) is 23.3 Å². The first-order chi connectivity index (χ1) is 16.3. The van der Waals surface area contributed by atoms with E-state index in [0.717, 1.165) is 16.6 Å². The van der Waals surface area contributed by atoms with Crippen LogP contribution in [0.2, 0.25) is 0 Å². The topological polar surface area (TPSA) is 130 Å². The van der Waals surface area contributed by atoms with Crippen LogP contribution in [0.1, 0.15) is 40.4 Å². The van der Waals surface area contributed by atoms with Gasteiger partial charge in [0.1, 0.15) is 5.75 Å². The van der Waals surface area contributed by atoms with Crippen LogP contribution in [0.15, 0.2) is 52.4 Å². The van der Waals surface area contributed by atoms with Gasteiger partial charge in [0.05, 0.1) is 25.4 Å². The Labute approximate surface area is 195 Å². The number of rotatable bonds is 7. The van der Waals surface area contributed by atoms with Crippen molar-refractivity contribution in [3.8, 4) is 5.75 Å². The van der Waals surface area contributed by atoms with E-state index < -0.39 is 23.0 Å². The second kappa shape index (κ2) is 9.38. The molecule has 0 fully saturated rings. The molecule has 0 saturated heterocycles. The fourth-order valence-electron chi connectivity index (χ4n) is 4.25. The van der Waals surface area contributed by atoms with Gasteiger partial charge in [0, 0.05) is 47.5 Å². The van der Waals surface area contributed by atoms with E-state index in [1.807, 2.05) is 19.1 Å². The molecule has 0 saturated carbocycles. The van der Waals surface area contributed by atoms with Crippen molar-refractivity contribution in [3.05, 3.63) is 91.6 Å². The van der Waals surface area contributed by atoms with Crippen LogP contribution in [-0.2, 0) is 22.5 Å². The number of aromatic nitrogens is 4. The number of hydrogen-bond donors (Lipinski definition) is 3. The maximum Gasteiger partial charge on any atom is 0.306 e. The van der Waals surface area contributed by atoms with Crippen LogP contribution in [-0.4, -0.2) is 37.7 Å². The average molecular weight is 463 g/mol. The normalized spacial score (nSPS) is 12.1. The number of aromatic amines is 2. The highest BCUT2D eigenvalue weighted by Gasteiger charge is 2.29. The SMILES string of the molecule is COC(=O)C[C@@H](c1cc2cc(C)ccc2[nH]c1=O)c1c(O)cc(C)n(CCc2cnc[nH]2)c1=O. The zero-order valence-corrected chi connectivity index (χ0v) is 19.2. The Hall–Kier alpha value is -4.14. The number of pyridine rings is 2. The number of H-pyrrole nitrogens is 2. The van der Waals surface area contributed by atoms with Gasteiger partial charge in [0.25, 0.3) is 11.1 Å². The van der Waals surface area contributed by atoms with Gasteiger partial charge in [0.2, 0.25) is 0 Å². The van der Waals surface area contributed by atoms with Gasteiger partial charge in [-0.25, -0.2) is 4.98 Å². The third-order valence-corrected chi connectivity index (χ3v) is 6.03. The molecule has 4 rings (SSSR count). The monoisotopic (exact) mass is 462 g/mol. The summed E-state index contributed by atoms with van der Waals surface area (Å²) in [5.41, 5.74) is 2.34. The van der Waals surface area contributed by atoms with Gasteiger partial charge in [0.15, 0.2) is 0 Å². The third kappa shape index (κ3) is 4.50. The van der Waals surface area contributed by atoms with Crippen LogP contribution in [0.5, 0.6) is 5.75 Å². The molecule has 0 spiro atoms. The number of carbonyl (C=O) groups is 1. The van der Waals surface area contributed by atoms with E-state index in [9.17, 15) is 19.5 Å². The second-order valence-electron chi connectivity index (χ2n) is 8.35. The van der Waals surface area contributed by atoms with Crippen LogP contribution in [0.4, 0.5) is 0 Å². The molecule has 3 N–H and O–H groups in total. The van der Waals surface area contributed by atoms with Gasteiger partial charge in [-0.2, -0.15) is 0 Å². The van der Waals surface area contributed by atoms with Gasteiger partial charge >= 0.3 is 5.97 Å². The fourth-order valence-corrected chi connectivity index (χ4v) is 4.25. The summed E-state index contributed by atoms with van der Waals surface area (Å²) in [7, 11) is 1.24. The summed E-state index contributed by atoms with van der Waals surface area (Å²) in [4.78, 5) is 48.8. The van der Waals surface area contributed by atoms with Crippen LogP contribution in [0.25, 0.3) is 10.9 Å². The molecule has 34 heavy (non-hydrogen) atoms. The molecule has 4 aromatic rings. The molecule has 3 heterocycles. The predicted octanol–water partition coefficient (Wildman–Crippen LogP) is 2.67. The fraction of sp³-hybridized carbons (Fsp3) is 0.280. The first-order valence-corrected chi connectivity index (χ1v) is 10.9. The first kappa shape index (κ1) is 23.0. The summed E-state index contributed by atoms with van der Waals surface area (Å²) in [5, 5.41) is 11.6. The van der Waals surface area contributed by atoms with Crippen LogP contribution >= 0.6 is 0 Å². The number of fused-ring (bicyclic) bond motifs is 1. The minimum Gasteiger partial charge on any atom is -0.507 e. The number of carbonyl (C=O) groups excluding carboxylic acids is 1. The zero-order chi connectivity index (χ0) is 24.4. The van der Waals surface area contributed by atoms with E-state index >= 15 is 0 Å². The number of ether oxygens (including phenoxy) is 1. The van der Waals surface area contributed by atoms with Gasteiger partial charge in [-0.3, -0.25) is 14.4 Å².